The molecule has 18 heavy (non-hydrogen) atoms. The SMILES string of the molecule is CC(N)Cc1ccc(Sc2ncccn2)cc1Br. The standard InChI is InChI=1S/C13H14BrN3S/c1-9(15)7-10-3-4-11(8-12(10)14)18-13-16-5-2-6-17-13/h2-6,8-9H,7,15H2,1H3. The first-order valence-corrected chi connectivity index (χ1v) is 7.25. The van der Waals surface area contributed by atoms with E-state index < -0.39 is 0 Å². The number of halogens is 1. The second-order valence-electron chi connectivity index (χ2n) is 4.07. The van der Waals surface area contributed by atoms with Crippen molar-refractivity contribution in [2.45, 2.75) is 29.4 Å². The van der Waals surface area contributed by atoms with Crippen molar-refractivity contribution in [3.05, 3.63) is 46.7 Å². The smallest absolute Gasteiger partial charge is 0.192 e. The molecule has 0 saturated carbocycles. The van der Waals surface area contributed by atoms with Crippen LogP contribution >= 0.6 is 27.7 Å². The summed E-state index contributed by atoms with van der Waals surface area (Å²) >= 11 is 5.13. The van der Waals surface area contributed by atoms with Gasteiger partial charge >= 0.3 is 0 Å². The van der Waals surface area contributed by atoms with E-state index in [1.165, 1.54) is 5.56 Å². The Balaban J connectivity index is 2.14. The fraction of sp³-hybridized carbons (Fsp3) is 0.231. The molecule has 5 heteroatoms. The van der Waals surface area contributed by atoms with E-state index in [9.17, 15) is 0 Å². The molecule has 1 atom stereocenters. The lowest BCUT2D eigenvalue weighted by molar-refractivity contribution is 0.735. The third kappa shape index (κ3) is 3.80. The molecular formula is C13H14BrN3S. The van der Waals surface area contributed by atoms with Crippen molar-refractivity contribution >= 4 is 27.7 Å². The Labute approximate surface area is 119 Å². The van der Waals surface area contributed by atoms with Gasteiger partial charge in [-0.2, -0.15) is 0 Å². The van der Waals surface area contributed by atoms with Crippen LogP contribution in [0.25, 0.3) is 0 Å². The normalized spacial score (nSPS) is 12.4. The van der Waals surface area contributed by atoms with E-state index in [4.69, 9.17) is 5.73 Å². The molecule has 0 amide bonds. The molecule has 2 aromatic rings. The Morgan fingerprint density at radius 3 is 2.67 bits per heavy atom. The molecule has 0 aliphatic carbocycles. The molecule has 0 bridgehead atoms. The predicted octanol–water partition coefficient (Wildman–Crippen LogP) is 3.28. The van der Waals surface area contributed by atoms with Crippen LogP contribution in [-0.2, 0) is 6.42 Å². The van der Waals surface area contributed by atoms with Crippen LogP contribution in [0.1, 0.15) is 12.5 Å². The lowest BCUT2D eigenvalue weighted by Crippen LogP contribution is -2.17. The number of hydrogen-bond acceptors (Lipinski definition) is 4. The number of nitrogens with zero attached hydrogens (tertiary/aromatic N) is 2. The summed E-state index contributed by atoms with van der Waals surface area (Å²) in [5.41, 5.74) is 7.03. The fourth-order valence-corrected chi connectivity index (χ4v) is 2.99. The molecule has 3 nitrogen and oxygen atoms in total. The van der Waals surface area contributed by atoms with Gasteiger partial charge in [-0.15, -0.1) is 0 Å². The van der Waals surface area contributed by atoms with Crippen LogP contribution in [-0.4, -0.2) is 16.0 Å². The average Bonchev–Trinajstić information content (AvgIpc) is 2.33. The van der Waals surface area contributed by atoms with Gasteiger partial charge in [-0.3, -0.25) is 0 Å². The summed E-state index contributed by atoms with van der Waals surface area (Å²) in [6, 6.07) is 8.23. The van der Waals surface area contributed by atoms with Gasteiger partial charge in [0, 0.05) is 27.8 Å². The topological polar surface area (TPSA) is 51.8 Å². The van der Waals surface area contributed by atoms with E-state index >= 15 is 0 Å². The molecule has 0 fully saturated rings. The van der Waals surface area contributed by atoms with Crippen molar-refractivity contribution in [2.75, 3.05) is 0 Å². The van der Waals surface area contributed by atoms with Crippen molar-refractivity contribution in [2.24, 2.45) is 5.73 Å². The Kier molecular flexibility index (Phi) is 4.74. The number of hydrogen-bond donors (Lipinski definition) is 1. The maximum Gasteiger partial charge on any atom is 0.192 e. The molecule has 0 aliphatic rings. The van der Waals surface area contributed by atoms with E-state index in [0.717, 1.165) is 20.9 Å². The highest BCUT2D eigenvalue weighted by molar-refractivity contribution is 9.10. The van der Waals surface area contributed by atoms with Gasteiger partial charge in [0.15, 0.2) is 5.16 Å². The number of rotatable bonds is 4. The lowest BCUT2D eigenvalue weighted by Gasteiger charge is -2.09. The number of nitrogens with two attached hydrogens (primary N) is 1. The van der Waals surface area contributed by atoms with Crippen LogP contribution in [0.3, 0.4) is 0 Å². The third-order valence-corrected chi connectivity index (χ3v) is 3.94. The van der Waals surface area contributed by atoms with Crippen molar-refractivity contribution in [3.63, 3.8) is 0 Å². The molecule has 1 aromatic heterocycles. The summed E-state index contributed by atoms with van der Waals surface area (Å²) in [7, 11) is 0. The molecule has 1 unspecified atom stereocenters. The zero-order chi connectivity index (χ0) is 13.0. The summed E-state index contributed by atoms with van der Waals surface area (Å²) in [6.45, 7) is 2.01. The van der Waals surface area contributed by atoms with Crippen LogP contribution in [0.4, 0.5) is 0 Å². The first-order valence-electron chi connectivity index (χ1n) is 5.64. The monoisotopic (exact) mass is 323 g/mol. The molecule has 2 rings (SSSR count). The van der Waals surface area contributed by atoms with Crippen LogP contribution in [0.5, 0.6) is 0 Å². The first-order chi connectivity index (χ1) is 8.65. The maximum atomic E-state index is 5.81. The van der Waals surface area contributed by atoms with Gasteiger partial charge in [0.25, 0.3) is 0 Å². The minimum Gasteiger partial charge on any atom is -0.328 e. The Morgan fingerprint density at radius 1 is 1.33 bits per heavy atom. The minimum absolute atomic E-state index is 0.164. The second-order valence-corrected chi connectivity index (χ2v) is 5.96. The van der Waals surface area contributed by atoms with Crippen LogP contribution in [0.15, 0.2) is 51.2 Å². The van der Waals surface area contributed by atoms with Gasteiger partial charge in [-0.1, -0.05) is 22.0 Å². The summed E-state index contributed by atoms with van der Waals surface area (Å²) in [5, 5.41) is 0.754. The van der Waals surface area contributed by atoms with E-state index in [0.29, 0.717) is 0 Å². The van der Waals surface area contributed by atoms with Crippen LogP contribution in [0, 0.1) is 0 Å². The summed E-state index contributed by atoms with van der Waals surface area (Å²) < 4.78 is 1.08. The van der Waals surface area contributed by atoms with Gasteiger partial charge in [-0.05, 0) is 48.9 Å². The van der Waals surface area contributed by atoms with Gasteiger partial charge in [0.1, 0.15) is 0 Å². The maximum absolute atomic E-state index is 5.81. The van der Waals surface area contributed by atoms with Crippen molar-refractivity contribution in [3.8, 4) is 0 Å². The Hall–Kier alpha value is -0.910. The van der Waals surface area contributed by atoms with Crippen molar-refractivity contribution in [1.82, 2.24) is 9.97 Å². The minimum atomic E-state index is 0.164. The van der Waals surface area contributed by atoms with Crippen LogP contribution in [0.2, 0.25) is 0 Å². The van der Waals surface area contributed by atoms with E-state index in [1.54, 1.807) is 24.2 Å². The second kappa shape index (κ2) is 6.31. The fourth-order valence-electron chi connectivity index (χ4n) is 1.55. The highest BCUT2D eigenvalue weighted by atomic mass is 79.9. The van der Waals surface area contributed by atoms with Crippen molar-refractivity contribution < 1.29 is 0 Å². The Morgan fingerprint density at radius 2 is 2.06 bits per heavy atom. The van der Waals surface area contributed by atoms with E-state index in [1.807, 2.05) is 13.0 Å². The Bertz CT molecular complexity index is 517. The number of aromatic nitrogens is 2. The molecule has 0 radical (unpaired) electrons. The predicted molar refractivity (Wildman–Crippen MR) is 77.7 cm³/mol. The highest BCUT2D eigenvalue weighted by Gasteiger charge is 2.06. The van der Waals surface area contributed by atoms with Gasteiger partial charge in [0.2, 0.25) is 0 Å². The zero-order valence-electron chi connectivity index (χ0n) is 10.0. The van der Waals surface area contributed by atoms with Gasteiger partial charge in [0.05, 0.1) is 0 Å². The third-order valence-electron chi connectivity index (χ3n) is 2.32. The summed E-state index contributed by atoms with van der Waals surface area (Å²) in [5.74, 6) is 0. The van der Waals surface area contributed by atoms with Crippen LogP contribution < -0.4 is 5.73 Å². The molecule has 1 aromatic carbocycles. The molecule has 1 heterocycles. The van der Waals surface area contributed by atoms with Crippen molar-refractivity contribution in [1.29, 1.82) is 0 Å². The first kappa shape index (κ1) is 13.5. The zero-order valence-corrected chi connectivity index (χ0v) is 12.4. The van der Waals surface area contributed by atoms with Gasteiger partial charge in [-0.25, -0.2) is 9.97 Å². The molecule has 94 valence electrons. The molecular weight excluding hydrogens is 310 g/mol. The van der Waals surface area contributed by atoms with Gasteiger partial charge < -0.3 is 5.73 Å². The van der Waals surface area contributed by atoms with E-state index in [2.05, 4.69) is 44.1 Å². The largest absolute Gasteiger partial charge is 0.328 e. The molecule has 0 saturated heterocycles. The quantitative estimate of drug-likeness (QED) is 0.877. The van der Waals surface area contributed by atoms with E-state index in [-0.39, 0.29) is 6.04 Å². The lowest BCUT2D eigenvalue weighted by atomic mass is 10.1. The summed E-state index contributed by atoms with van der Waals surface area (Å²) in [6.07, 6.45) is 4.36. The molecule has 0 aliphatic heterocycles. The summed E-state index contributed by atoms with van der Waals surface area (Å²) in [4.78, 5) is 9.49. The average molecular weight is 324 g/mol. The molecule has 0 spiro atoms. The highest BCUT2D eigenvalue weighted by Crippen LogP contribution is 2.29. The number of benzene rings is 1. The molecule has 2 N–H and O–H groups in total.